The molecule has 0 radical (unpaired) electrons. The predicted octanol–water partition coefficient (Wildman–Crippen LogP) is 0.391. The zero-order valence-corrected chi connectivity index (χ0v) is 7.99. The van der Waals surface area contributed by atoms with Gasteiger partial charge in [0.15, 0.2) is 0 Å². The smallest absolute Gasteiger partial charge is 0.224 e. The molecule has 0 aliphatic rings. The molecule has 0 aliphatic carbocycles. The number of nitrogens with two attached hydrogens (primary N) is 1. The first-order valence-electron chi connectivity index (χ1n) is 4.17. The fourth-order valence-electron chi connectivity index (χ4n) is 0.932. The third-order valence-corrected chi connectivity index (χ3v) is 1.59. The lowest BCUT2D eigenvalue weighted by atomic mass is 10.2. The SMILES string of the molecule is COCCOc1ncccc1C(=N)N. The first kappa shape index (κ1) is 10.5. The average molecular weight is 195 g/mol. The monoisotopic (exact) mass is 195 g/mol. The Labute approximate surface area is 82.4 Å². The zero-order valence-electron chi connectivity index (χ0n) is 7.99. The summed E-state index contributed by atoms with van der Waals surface area (Å²) < 4.78 is 10.1. The largest absolute Gasteiger partial charge is 0.475 e. The van der Waals surface area contributed by atoms with Crippen LogP contribution in [0.3, 0.4) is 0 Å². The summed E-state index contributed by atoms with van der Waals surface area (Å²) in [7, 11) is 1.59. The zero-order chi connectivity index (χ0) is 10.4. The third kappa shape index (κ3) is 2.70. The van der Waals surface area contributed by atoms with Gasteiger partial charge >= 0.3 is 0 Å². The van der Waals surface area contributed by atoms with E-state index in [0.717, 1.165) is 0 Å². The Morgan fingerprint density at radius 2 is 2.36 bits per heavy atom. The summed E-state index contributed by atoms with van der Waals surface area (Å²) in [6.07, 6.45) is 1.59. The van der Waals surface area contributed by atoms with Crippen molar-refractivity contribution in [3.8, 4) is 5.88 Å². The van der Waals surface area contributed by atoms with Crippen molar-refractivity contribution in [1.29, 1.82) is 5.41 Å². The molecule has 1 aromatic heterocycles. The molecular weight excluding hydrogens is 182 g/mol. The van der Waals surface area contributed by atoms with E-state index < -0.39 is 0 Å². The van der Waals surface area contributed by atoms with Gasteiger partial charge in [0.1, 0.15) is 12.4 Å². The van der Waals surface area contributed by atoms with Crippen molar-refractivity contribution in [2.75, 3.05) is 20.3 Å². The average Bonchev–Trinajstić information content (AvgIpc) is 2.19. The topological polar surface area (TPSA) is 81.2 Å². The van der Waals surface area contributed by atoms with Gasteiger partial charge in [-0.05, 0) is 12.1 Å². The number of methoxy groups -OCH3 is 1. The summed E-state index contributed by atoms with van der Waals surface area (Å²) in [6, 6.07) is 3.40. The van der Waals surface area contributed by atoms with Crippen LogP contribution in [0.2, 0.25) is 0 Å². The predicted molar refractivity (Wildman–Crippen MR) is 52.6 cm³/mol. The molecule has 0 spiro atoms. The maximum Gasteiger partial charge on any atom is 0.224 e. The van der Waals surface area contributed by atoms with E-state index in [-0.39, 0.29) is 5.84 Å². The van der Waals surface area contributed by atoms with E-state index in [4.69, 9.17) is 20.6 Å². The number of rotatable bonds is 5. The number of nitrogens with zero attached hydrogens (tertiary/aromatic N) is 1. The van der Waals surface area contributed by atoms with Crippen molar-refractivity contribution in [2.45, 2.75) is 0 Å². The minimum Gasteiger partial charge on any atom is -0.475 e. The molecule has 1 heterocycles. The van der Waals surface area contributed by atoms with Gasteiger partial charge in [-0.15, -0.1) is 0 Å². The summed E-state index contributed by atoms with van der Waals surface area (Å²) in [4.78, 5) is 3.97. The highest BCUT2D eigenvalue weighted by molar-refractivity contribution is 5.96. The second kappa shape index (κ2) is 5.18. The van der Waals surface area contributed by atoms with E-state index >= 15 is 0 Å². The van der Waals surface area contributed by atoms with E-state index in [1.807, 2.05) is 0 Å². The maximum absolute atomic E-state index is 7.28. The molecule has 14 heavy (non-hydrogen) atoms. The van der Waals surface area contributed by atoms with Gasteiger partial charge in [-0.1, -0.05) is 0 Å². The Hall–Kier alpha value is -1.62. The van der Waals surface area contributed by atoms with Crippen LogP contribution in [0.1, 0.15) is 5.56 Å². The molecule has 0 amide bonds. The summed E-state index contributed by atoms with van der Waals surface area (Å²) in [5.74, 6) is 0.322. The van der Waals surface area contributed by atoms with E-state index in [1.54, 1.807) is 25.4 Å². The molecule has 0 aromatic carbocycles. The lowest BCUT2D eigenvalue weighted by molar-refractivity contribution is 0.143. The molecule has 3 N–H and O–H groups in total. The van der Waals surface area contributed by atoms with E-state index in [2.05, 4.69) is 4.98 Å². The van der Waals surface area contributed by atoms with Crippen molar-refractivity contribution in [1.82, 2.24) is 4.98 Å². The van der Waals surface area contributed by atoms with Gasteiger partial charge in [0.2, 0.25) is 5.88 Å². The molecule has 5 nitrogen and oxygen atoms in total. The standard InChI is InChI=1S/C9H13N3O2/c1-13-5-6-14-9-7(8(10)11)3-2-4-12-9/h2-4H,5-6H2,1H3,(H3,10,11). The van der Waals surface area contributed by atoms with Gasteiger partial charge in [-0.25, -0.2) is 4.98 Å². The van der Waals surface area contributed by atoms with Crippen LogP contribution in [-0.4, -0.2) is 31.1 Å². The first-order chi connectivity index (χ1) is 6.75. The van der Waals surface area contributed by atoms with E-state index in [0.29, 0.717) is 24.7 Å². The summed E-state index contributed by atoms with van der Waals surface area (Å²) >= 11 is 0. The number of pyridine rings is 1. The minimum atomic E-state index is -0.0504. The van der Waals surface area contributed by atoms with Crippen molar-refractivity contribution in [2.24, 2.45) is 5.73 Å². The van der Waals surface area contributed by atoms with Crippen LogP contribution in [0.4, 0.5) is 0 Å². The number of nitrogens with one attached hydrogen (secondary N) is 1. The summed E-state index contributed by atoms with van der Waals surface area (Å²) in [5.41, 5.74) is 5.85. The van der Waals surface area contributed by atoms with Crippen molar-refractivity contribution >= 4 is 5.84 Å². The quantitative estimate of drug-likeness (QED) is 0.404. The second-order valence-corrected chi connectivity index (χ2v) is 2.61. The molecule has 1 aromatic rings. The van der Waals surface area contributed by atoms with Gasteiger partial charge in [-0.3, -0.25) is 5.41 Å². The van der Waals surface area contributed by atoms with Gasteiger partial charge in [0, 0.05) is 13.3 Å². The fraction of sp³-hybridized carbons (Fsp3) is 0.333. The molecule has 1 rings (SSSR count). The molecule has 0 atom stereocenters. The van der Waals surface area contributed by atoms with Gasteiger partial charge in [0.05, 0.1) is 12.2 Å². The number of hydrogen-bond donors (Lipinski definition) is 2. The number of ether oxygens (including phenoxy) is 2. The van der Waals surface area contributed by atoms with Crippen molar-refractivity contribution in [3.05, 3.63) is 23.9 Å². The van der Waals surface area contributed by atoms with E-state index in [1.165, 1.54) is 0 Å². The minimum absolute atomic E-state index is 0.0504. The molecule has 0 saturated carbocycles. The molecule has 0 saturated heterocycles. The highest BCUT2D eigenvalue weighted by Crippen LogP contribution is 2.12. The molecule has 0 unspecified atom stereocenters. The molecule has 0 bridgehead atoms. The molecule has 5 heteroatoms. The van der Waals surface area contributed by atoms with Crippen LogP contribution in [-0.2, 0) is 4.74 Å². The highest BCUT2D eigenvalue weighted by atomic mass is 16.5. The van der Waals surface area contributed by atoms with Crippen LogP contribution >= 0.6 is 0 Å². The number of amidine groups is 1. The van der Waals surface area contributed by atoms with Crippen LogP contribution < -0.4 is 10.5 Å². The van der Waals surface area contributed by atoms with Gasteiger partial charge in [0.25, 0.3) is 0 Å². The Morgan fingerprint density at radius 3 is 3.00 bits per heavy atom. The number of aromatic nitrogens is 1. The van der Waals surface area contributed by atoms with Crippen LogP contribution in [0.15, 0.2) is 18.3 Å². The normalized spacial score (nSPS) is 9.79. The Bertz CT molecular complexity index is 315. The maximum atomic E-state index is 7.28. The molecular formula is C9H13N3O2. The van der Waals surface area contributed by atoms with Crippen molar-refractivity contribution < 1.29 is 9.47 Å². The van der Waals surface area contributed by atoms with Gasteiger partial charge < -0.3 is 15.2 Å². The highest BCUT2D eigenvalue weighted by Gasteiger charge is 2.06. The molecule has 0 fully saturated rings. The van der Waals surface area contributed by atoms with Crippen LogP contribution in [0, 0.1) is 5.41 Å². The number of hydrogen-bond acceptors (Lipinski definition) is 4. The van der Waals surface area contributed by atoms with E-state index in [9.17, 15) is 0 Å². The molecule has 76 valence electrons. The summed E-state index contributed by atoms with van der Waals surface area (Å²) in [5, 5.41) is 7.28. The summed E-state index contributed by atoms with van der Waals surface area (Å²) in [6.45, 7) is 0.877. The lowest BCUT2D eigenvalue weighted by Gasteiger charge is -2.07. The van der Waals surface area contributed by atoms with Crippen LogP contribution in [0.5, 0.6) is 5.88 Å². The fourth-order valence-corrected chi connectivity index (χ4v) is 0.932. The first-order valence-corrected chi connectivity index (χ1v) is 4.17. The van der Waals surface area contributed by atoms with Crippen molar-refractivity contribution in [3.63, 3.8) is 0 Å². The van der Waals surface area contributed by atoms with Gasteiger partial charge in [-0.2, -0.15) is 0 Å². The number of nitrogen functional groups attached to an aromatic ring is 1. The lowest BCUT2D eigenvalue weighted by Crippen LogP contribution is -2.15. The van der Waals surface area contributed by atoms with Crippen LogP contribution in [0.25, 0.3) is 0 Å². The Kier molecular flexibility index (Phi) is 3.87. The third-order valence-electron chi connectivity index (χ3n) is 1.59. The molecule has 0 aliphatic heterocycles. The Balaban J connectivity index is 2.69. The Morgan fingerprint density at radius 1 is 1.57 bits per heavy atom. The second-order valence-electron chi connectivity index (χ2n) is 2.61.